The zero-order chi connectivity index (χ0) is 18.4. The fourth-order valence-corrected chi connectivity index (χ4v) is 2.76. The Labute approximate surface area is 151 Å². The van der Waals surface area contributed by atoms with Gasteiger partial charge >= 0.3 is 0 Å². The third-order valence-corrected chi connectivity index (χ3v) is 4.62. The number of ether oxygens (including phenoxy) is 1. The first kappa shape index (κ1) is 19.0. The number of rotatable bonds is 7. The SMILES string of the molecule is CC[C@H](NC(=O)[C@@H](CC)Oc1ccc(C)c(C)c1)c1ccc(C)cc1. The van der Waals surface area contributed by atoms with Gasteiger partial charge in [-0.2, -0.15) is 0 Å². The van der Waals surface area contributed by atoms with Gasteiger partial charge in [0.15, 0.2) is 6.10 Å². The van der Waals surface area contributed by atoms with Crippen LogP contribution in [0.5, 0.6) is 5.75 Å². The average Bonchev–Trinajstić information content (AvgIpc) is 2.61. The Morgan fingerprint density at radius 2 is 1.64 bits per heavy atom. The number of hydrogen-bond acceptors (Lipinski definition) is 2. The van der Waals surface area contributed by atoms with Gasteiger partial charge < -0.3 is 10.1 Å². The summed E-state index contributed by atoms with van der Waals surface area (Å²) in [5, 5.41) is 3.14. The minimum atomic E-state index is -0.485. The predicted octanol–water partition coefficient (Wildman–Crippen LogP) is 5.04. The van der Waals surface area contributed by atoms with Crippen molar-refractivity contribution < 1.29 is 9.53 Å². The van der Waals surface area contributed by atoms with Gasteiger partial charge in [0.2, 0.25) is 0 Å². The average molecular weight is 339 g/mol. The summed E-state index contributed by atoms with van der Waals surface area (Å²) >= 11 is 0. The van der Waals surface area contributed by atoms with Crippen molar-refractivity contribution in [1.82, 2.24) is 5.32 Å². The van der Waals surface area contributed by atoms with Crippen LogP contribution in [0.4, 0.5) is 0 Å². The van der Waals surface area contributed by atoms with Crippen molar-refractivity contribution in [3.05, 3.63) is 64.7 Å². The smallest absolute Gasteiger partial charge is 0.261 e. The fraction of sp³-hybridized carbons (Fsp3) is 0.409. The summed E-state index contributed by atoms with van der Waals surface area (Å²) in [6.45, 7) is 10.2. The molecule has 134 valence electrons. The van der Waals surface area contributed by atoms with Crippen LogP contribution in [-0.2, 0) is 4.79 Å². The van der Waals surface area contributed by atoms with Crippen LogP contribution in [0.1, 0.15) is 55.0 Å². The third-order valence-electron chi connectivity index (χ3n) is 4.62. The Morgan fingerprint density at radius 3 is 2.20 bits per heavy atom. The molecule has 25 heavy (non-hydrogen) atoms. The van der Waals surface area contributed by atoms with Crippen LogP contribution >= 0.6 is 0 Å². The molecule has 2 aromatic rings. The van der Waals surface area contributed by atoms with Crippen molar-refractivity contribution in [3.8, 4) is 5.75 Å². The van der Waals surface area contributed by atoms with Crippen LogP contribution in [0.2, 0.25) is 0 Å². The molecule has 0 aliphatic carbocycles. The molecule has 3 heteroatoms. The molecule has 0 bridgehead atoms. The predicted molar refractivity (Wildman–Crippen MR) is 103 cm³/mol. The second kappa shape index (κ2) is 8.70. The molecule has 0 fully saturated rings. The van der Waals surface area contributed by atoms with E-state index < -0.39 is 6.10 Å². The van der Waals surface area contributed by atoms with E-state index in [4.69, 9.17) is 4.74 Å². The maximum Gasteiger partial charge on any atom is 0.261 e. The fourth-order valence-electron chi connectivity index (χ4n) is 2.76. The number of carbonyl (C=O) groups excluding carboxylic acids is 1. The molecule has 0 aromatic heterocycles. The lowest BCUT2D eigenvalue weighted by Crippen LogP contribution is -2.39. The van der Waals surface area contributed by atoms with Crippen LogP contribution < -0.4 is 10.1 Å². The second-order valence-corrected chi connectivity index (χ2v) is 6.64. The lowest BCUT2D eigenvalue weighted by molar-refractivity contribution is -0.128. The monoisotopic (exact) mass is 339 g/mol. The number of carbonyl (C=O) groups is 1. The zero-order valence-electron chi connectivity index (χ0n) is 15.9. The molecular formula is C22H29NO2. The first-order valence-electron chi connectivity index (χ1n) is 9.05. The highest BCUT2D eigenvalue weighted by Crippen LogP contribution is 2.21. The molecule has 0 aliphatic rings. The molecule has 1 amide bonds. The zero-order valence-corrected chi connectivity index (χ0v) is 15.9. The molecule has 0 spiro atoms. The van der Waals surface area contributed by atoms with Gasteiger partial charge in [-0.1, -0.05) is 49.7 Å². The lowest BCUT2D eigenvalue weighted by Gasteiger charge is -2.23. The van der Waals surface area contributed by atoms with Gasteiger partial charge in [-0.3, -0.25) is 4.79 Å². The maximum atomic E-state index is 12.7. The number of nitrogens with one attached hydrogen (secondary N) is 1. The number of hydrogen-bond donors (Lipinski definition) is 1. The standard InChI is InChI=1S/C22H29NO2/c1-6-20(18-11-8-15(3)9-12-18)23-22(24)21(7-2)25-19-13-10-16(4)17(5)14-19/h8-14,20-21H,6-7H2,1-5H3,(H,23,24)/t20-,21+/m0/s1. The van der Waals surface area contributed by atoms with Crippen molar-refractivity contribution in [2.75, 3.05) is 0 Å². The van der Waals surface area contributed by atoms with E-state index in [1.165, 1.54) is 16.7 Å². The Balaban J connectivity index is 2.07. The van der Waals surface area contributed by atoms with E-state index in [1.54, 1.807) is 0 Å². The molecule has 0 heterocycles. The first-order chi connectivity index (χ1) is 11.9. The Bertz CT molecular complexity index is 706. The summed E-state index contributed by atoms with van der Waals surface area (Å²) in [7, 11) is 0. The van der Waals surface area contributed by atoms with E-state index in [0.717, 1.165) is 17.7 Å². The summed E-state index contributed by atoms with van der Waals surface area (Å²) in [4.78, 5) is 12.7. The van der Waals surface area contributed by atoms with E-state index >= 15 is 0 Å². The van der Waals surface area contributed by atoms with Crippen LogP contribution in [0.25, 0.3) is 0 Å². The highest BCUT2D eigenvalue weighted by molar-refractivity contribution is 5.81. The minimum Gasteiger partial charge on any atom is -0.481 e. The molecule has 1 N–H and O–H groups in total. The lowest BCUT2D eigenvalue weighted by atomic mass is 10.0. The molecule has 0 saturated carbocycles. The molecule has 3 nitrogen and oxygen atoms in total. The van der Waals surface area contributed by atoms with E-state index in [0.29, 0.717) is 6.42 Å². The summed E-state index contributed by atoms with van der Waals surface area (Å²) in [5.41, 5.74) is 4.73. The Morgan fingerprint density at radius 1 is 0.960 bits per heavy atom. The minimum absolute atomic E-state index is 0.00510. The van der Waals surface area contributed by atoms with E-state index in [9.17, 15) is 4.79 Å². The van der Waals surface area contributed by atoms with Gasteiger partial charge in [0.1, 0.15) is 5.75 Å². The quantitative estimate of drug-likeness (QED) is 0.768. The van der Waals surface area contributed by atoms with Crippen LogP contribution in [-0.4, -0.2) is 12.0 Å². The summed E-state index contributed by atoms with van der Waals surface area (Å²) < 4.78 is 5.95. The molecule has 0 unspecified atom stereocenters. The summed E-state index contributed by atoms with van der Waals surface area (Å²) in [6.07, 6.45) is 0.986. The van der Waals surface area contributed by atoms with Crippen LogP contribution in [0.15, 0.2) is 42.5 Å². The van der Waals surface area contributed by atoms with Crippen molar-refractivity contribution in [3.63, 3.8) is 0 Å². The molecule has 2 atom stereocenters. The number of benzene rings is 2. The highest BCUT2D eigenvalue weighted by Gasteiger charge is 2.22. The van der Waals surface area contributed by atoms with Crippen molar-refractivity contribution in [2.24, 2.45) is 0 Å². The first-order valence-corrected chi connectivity index (χ1v) is 9.05. The molecule has 0 saturated heterocycles. The van der Waals surface area contributed by atoms with Crippen molar-refractivity contribution in [1.29, 1.82) is 0 Å². The van der Waals surface area contributed by atoms with Crippen LogP contribution in [0.3, 0.4) is 0 Å². The Kier molecular flexibility index (Phi) is 6.63. The van der Waals surface area contributed by atoms with E-state index in [-0.39, 0.29) is 11.9 Å². The Hall–Kier alpha value is -2.29. The largest absolute Gasteiger partial charge is 0.481 e. The van der Waals surface area contributed by atoms with Gasteiger partial charge in [-0.15, -0.1) is 0 Å². The van der Waals surface area contributed by atoms with Gasteiger partial charge in [0.25, 0.3) is 5.91 Å². The molecule has 2 aromatic carbocycles. The van der Waals surface area contributed by atoms with Gasteiger partial charge in [-0.25, -0.2) is 0 Å². The van der Waals surface area contributed by atoms with Crippen LogP contribution in [0, 0.1) is 20.8 Å². The molecule has 0 radical (unpaired) electrons. The normalized spacial score (nSPS) is 13.2. The number of aryl methyl sites for hydroxylation is 3. The van der Waals surface area contributed by atoms with Gasteiger partial charge in [-0.05, 0) is 62.4 Å². The van der Waals surface area contributed by atoms with Crippen molar-refractivity contribution >= 4 is 5.91 Å². The number of amides is 1. The molecule has 2 rings (SSSR count). The van der Waals surface area contributed by atoms with Gasteiger partial charge in [0, 0.05) is 0 Å². The van der Waals surface area contributed by atoms with Crippen molar-refractivity contribution in [2.45, 2.75) is 59.6 Å². The maximum absolute atomic E-state index is 12.7. The highest BCUT2D eigenvalue weighted by atomic mass is 16.5. The van der Waals surface area contributed by atoms with E-state index in [1.807, 2.05) is 32.0 Å². The molecule has 0 aliphatic heterocycles. The topological polar surface area (TPSA) is 38.3 Å². The van der Waals surface area contributed by atoms with Gasteiger partial charge in [0.05, 0.1) is 6.04 Å². The van der Waals surface area contributed by atoms with E-state index in [2.05, 4.69) is 50.4 Å². The summed E-state index contributed by atoms with van der Waals surface area (Å²) in [5.74, 6) is 0.682. The second-order valence-electron chi connectivity index (χ2n) is 6.64. The third kappa shape index (κ3) is 5.09. The molecular weight excluding hydrogens is 310 g/mol. The summed E-state index contributed by atoms with van der Waals surface area (Å²) in [6, 6.07) is 14.3.